The van der Waals surface area contributed by atoms with Gasteiger partial charge in [0, 0.05) is 25.9 Å². The Bertz CT molecular complexity index is 347. The van der Waals surface area contributed by atoms with Gasteiger partial charge in [-0.05, 0) is 31.4 Å². The fraction of sp³-hybridized carbons (Fsp3) is 0.615. The molecule has 1 unspecified atom stereocenters. The van der Waals surface area contributed by atoms with Crippen molar-refractivity contribution < 1.29 is 9.90 Å². The van der Waals surface area contributed by atoms with Crippen molar-refractivity contribution in [2.45, 2.75) is 33.2 Å². The lowest BCUT2D eigenvalue weighted by atomic mass is 10.0. The molecule has 0 aliphatic carbocycles. The fourth-order valence-electron chi connectivity index (χ4n) is 1.86. The highest BCUT2D eigenvalue weighted by molar-refractivity contribution is 5.92. The van der Waals surface area contributed by atoms with Crippen LogP contribution >= 0.6 is 0 Å². The van der Waals surface area contributed by atoms with Crippen molar-refractivity contribution in [3.8, 4) is 0 Å². The van der Waals surface area contributed by atoms with Crippen LogP contribution in [0.1, 0.15) is 37.2 Å². The molecule has 4 heteroatoms. The van der Waals surface area contributed by atoms with Crippen LogP contribution in [0.3, 0.4) is 0 Å². The van der Waals surface area contributed by atoms with Gasteiger partial charge in [-0.3, -0.25) is 4.79 Å². The number of aromatic nitrogens is 1. The van der Waals surface area contributed by atoms with E-state index in [4.69, 9.17) is 5.11 Å². The second kappa shape index (κ2) is 7.12. The zero-order valence-corrected chi connectivity index (χ0v) is 10.6. The molecule has 17 heavy (non-hydrogen) atoms. The van der Waals surface area contributed by atoms with E-state index >= 15 is 0 Å². The third-order valence-corrected chi connectivity index (χ3v) is 3.07. The molecule has 0 fully saturated rings. The van der Waals surface area contributed by atoms with Gasteiger partial charge in [0.2, 0.25) is 0 Å². The molecule has 0 aliphatic heterocycles. The van der Waals surface area contributed by atoms with Crippen molar-refractivity contribution in [1.82, 2.24) is 9.88 Å². The third kappa shape index (κ3) is 3.89. The van der Waals surface area contributed by atoms with Gasteiger partial charge in [0.25, 0.3) is 5.91 Å². The van der Waals surface area contributed by atoms with Crippen molar-refractivity contribution in [3.63, 3.8) is 0 Å². The van der Waals surface area contributed by atoms with Crippen molar-refractivity contribution in [3.05, 3.63) is 24.0 Å². The number of aryl methyl sites for hydroxylation is 1. The van der Waals surface area contributed by atoms with Gasteiger partial charge < -0.3 is 15.0 Å². The van der Waals surface area contributed by atoms with Gasteiger partial charge in [0.05, 0.1) is 0 Å². The Morgan fingerprint density at radius 1 is 1.53 bits per heavy atom. The largest absolute Gasteiger partial charge is 0.396 e. The number of hydrogen-bond donors (Lipinski definition) is 2. The number of carbonyl (C=O) groups excluding carboxylic acids is 1. The maximum atomic E-state index is 11.9. The first-order valence-corrected chi connectivity index (χ1v) is 6.27. The SMILES string of the molecule is CCC(CCO)CNC(=O)c1cccn1CC. The predicted octanol–water partition coefficient (Wildman–Crippen LogP) is 1.65. The number of nitrogens with zero attached hydrogens (tertiary/aromatic N) is 1. The van der Waals surface area contributed by atoms with Crippen molar-refractivity contribution in [1.29, 1.82) is 0 Å². The van der Waals surface area contributed by atoms with E-state index in [2.05, 4.69) is 12.2 Å². The summed E-state index contributed by atoms with van der Waals surface area (Å²) in [6.45, 7) is 5.69. The first-order chi connectivity index (χ1) is 8.22. The summed E-state index contributed by atoms with van der Waals surface area (Å²) in [4.78, 5) is 11.9. The molecule has 0 aromatic carbocycles. The first kappa shape index (κ1) is 13.8. The Labute approximate surface area is 103 Å². The second-order valence-corrected chi connectivity index (χ2v) is 4.18. The Hall–Kier alpha value is -1.29. The summed E-state index contributed by atoms with van der Waals surface area (Å²) in [5.74, 6) is 0.322. The number of aliphatic hydroxyl groups is 1. The highest BCUT2D eigenvalue weighted by atomic mass is 16.3. The quantitative estimate of drug-likeness (QED) is 0.759. The van der Waals surface area contributed by atoms with Crippen LogP contribution in [-0.4, -0.2) is 28.7 Å². The highest BCUT2D eigenvalue weighted by Gasteiger charge is 2.12. The maximum absolute atomic E-state index is 11.9. The summed E-state index contributed by atoms with van der Waals surface area (Å²) >= 11 is 0. The normalized spacial score (nSPS) is 12.4. The number of carbonyl (C=O) groups is 1. The standard InChI is InChI=1S/C13H22N2O2/c1-3-11(7-9-16)10-14-13(17)12-6-5-8-15(12)4-2/h5-6,8,11,16H,3-4,7,9-10H2,1-2H3,(H,14,17). The minimum Gasteiger partial charge on any atom is -0.396 e. The van der Waals surface area contributed by atoms with E-state index in [0.717, 1.165) is 19.4 Å². The van der Waals surface area contributed by atoms with Crippen LogP contribution in [0, 0.1) is 5.92 Å². The van der Waals surface area contributed by atoms with Gasteiger partial charge in [-0.2, -0.15) is 0 Å². The van der Waals surface area contributed by atoms with E-state index in [1.165, 1.54) is 0 Å². The number of aliphatic hydroxyl groups excluding tert-OH is 1. The molecule has 1 amide bonds. The van der Waals surface area contributed by atoms with Gasteiger partial charge in [-0.15, -0.1) is 0 Å². The maximum Gasteiger partial charge on any atom is 0.267 e. The van der Waals surface area contributed by atoms with E-state index in [0.29, 0.717) is 18.2 Å². The average Bonchev–Trinajstić information content (AvgIpc) is 2.82. The van der Waals surface area contributed by atoms with Crippen LogP contribution in [0.4, 0.5) is 0 Å². The van der Waals surface area contributed by atoms with E-state index < -0.39 is 0 Å². The molecule has 4 nitrogen and oxygen atoms in total. The monoisotopic (exact) mass is 238 g/mol. The molecule has 0 radical (unpaired) electrons. The molecule has 2 N–H and O–H groups in total. The van der Waals surface area contributed by atoms with Crippen LogP contribution in [0.25, 0.3) is 0 Å². The Morgan fingerprint density at radius 2 is 2.29 bits per heavy atom. The second-order valence-electron chi connectivity index (χ2n) is 4.18. The Morgan fingerprint density at radius 3 is 2.88 bits per heavy atom. The van der Waals surface area contributed by atoms with Gasteiger partial charge >= 0.3 is 0 Å². The number of hydrogen-bond acceptors (Lipinski definition) is 2. The lowest BCUT2D eigenvalue weighted by Crippen LogP contribution is -2.31. The van der Waals surface area contributed by atoms with Crippen LogP contribution < -0.4 is 5.32 Å². The number of amides is 1. The van der Waals surface area contributed by atoms with Crippen LogP contribution in [-0.2, 0) is 6.54 Å². The van der Waals surface area contributed by atoms with Gasteiger partial charge in [-0.1, -0.05) is 13.3 Å². The molecule has 0 bridgehead atoms. The molecular formula is C13H22N2O2. The van der Waals surface area contributed by atoms with Crippen LogP contribution in [0.15, 0.2) is 18.3 Å². The van der Waals surface area contributed by atoms with Crippen molar-refractivity contribution in [2.24, 2.45) is 5.92 Å². The average molecular weight is 238 g/mol. The summed E-state index contributed by atoms with van der Waals surface area (Å²) in [5, 5.41) is 11.8. The van der Waals surface area contributed by atoms with Gasteiger partial charge in [0.1, 0.15) is 5.69 Å². The highest BCUT2D eigenvalue weighted by Crippen LogP contribution is 2.07. The molecule has 0 spiro atoms. The predicted molar refractivity (Wildman–Crippen MR) is 67.9 cm³/mol. The lowest BCUT2D eigenvalue weighted by Gasteiger charge is -2.14. The number of rotatable bonds is 7. The Balaban J connectivity index is 2.49. The number of nitrogens with one attached hydrogen (secondary N) is 1. The zero-order valence-electron chi connectivity index (χ0n) is 10.6. The molecule has 1 heterocycles. The van der Waals surface area contributed by atoms with Gasteiger partial charge in [0.15, 0.2) is 0 Å². The van der Waals surface area contributed by atoms with Crippen LogP contribution in [0.2, 0.25) is 0 Å². The van der Waals surface area contributed by atoms with Crippen molar-refractivity contribution in [2.75, 3.05) is 13.2 Å². The van der Waals surface area contributed by atoms with E-state index in [-0.39, 0.29) is 12.5 Å². The molecule has 1 rings (SSSR count). The van der Waals surface area contributed by atoms with E-state index in [1.807, 2.05) is 29.8 Å². The third-order valence-electron chi connectivity index (χ3n) is 3.07. The molecule has 1 atom stereocenters. The van der Waals surface area contributed by atoms with E-state index in [1.54, 1.807) is 0 Å². The summed E-state index contributed by atoms with van der Waals surface area (Å²) < 4.78 is 1.92. The molecule has 1 aromatic heterocycles. The zero-order chi connectivity index (χ0) is 12.7. The summed E-state index contributed by atoms with van der Waals surface area (Å²) in [6, 6.07) is 3.70. The lowest BCUT2D eigenvalue weighted by molar-refractivity contribution is 0.0934. The molecule has 96 valence electrons. The molecule has 0 aliphatic rings. The molecule has 0 saturated carbocycles. The minimum atomic E-state index is -0.0340. The van der Waals surface area contributed by atoms with Crippen molar-refractivity contribution >= 4 is 5.91 Å². The summed E-state index contributed by atoms with van der Waals surface area (Å²) in [6.07, 6.45) is 3.61. The fourth-order valence-corrected chi connectivity index (χ4v) is 1.86. The minimum absolute atomic E-state index is 0.0340. The molecule has 0 saturated heterocycles. The smallest absolute Gasteiger partial charge is 0.267 e. The van der Waals surface area contributed by atoms with Gasteiger partial charge in [-0.25, -0.2) is 0 Å². The topological polar surface area (TPSA) is 54.3 Å². The summed E-state index contributed by atoms with van der Waals surface area (Å²) in [7, 11) is 0. The molecular weight excluding hydrogens is 216 g/mol. The molecule has 1 aromatic rings. The van der Waals surface area contributed by atoms with Crippen LogP contribution in [0.5, 0.6) is 0 Å². The summed E-state index contributed by atoms with van der Waals surface area (Å²) in [5.41, 5.74) is 0.700. The Kier molecular flexibility index (Phi) is 5.77. The first-order valence-electron chi connectivity index (χ1n) is 6.27. The van der Waals surface area contributed by atoms with E-state index in [9.17, 15) is 4.79 Å².